The first-order valence-electron chi connectivity index (χ1n) is 11.8. The van der Waals surface area contributed by atoms with Gasteiger partial charge in [-0.1, -0.05) is 43.9 Å². The zero-order chi connectivity index (χ0) is 22.6. The fourth-order valence-electron chi connectivity index (χ4n) is 4.25. The fourth-order valence-corrected chi connectivity index (χ4v) is 4.25. The summed E-state index contributed by atoms with van der Waals surface area (Å²) >= 11 is 0. The number of aryl methyl sites for hydroxylation is 1. The number of carbonyl (C=O) groups is 2. The Morgan fingerprint density at radius 2 is 1.72 bits per heavy atom. The Morgan fingerprint density at radius 3 is 2.47 bits per heavy atom. The molecule has 0 aliphatic carbocycles. The second kappa shape index (κ2) is 13.0. The van der Waals surface area contributed by atoms with Gasteiger partial charge in [-0.05, 0) is 37.0 Å². The topological polar surface area (TPSA) is 67.7 Å². The van der Waals surface area contributed by atoms with E-state index in [0.717, 1.165) is 62.9 Å². The second-order valence-corrected chi connectivity index (χ2v) is 8.42. The number of benzene rings is 1. The van der Waals surface area contributed by atoms with Crippen LogP contribution in [-0.2, 0) is 27.4 Å². The number of rotatable bonds is 6. The van der Waals surface area contributed by atoms with E-state index in [-0.39, 0.29) is 18.4 Å². The second-order valence-electron chi connectivity index (χ2n) is 8.42. The molecule has 2 aromatic rings. The van der Waals surface area contributed by atoms with Crippen LogP contribution in [0.1, 0.15) is 56.9 Å². The van der Waals surface area contributed by atoms with Crippen molar-refractivity contribution in [1.82, 2.24) is 14.7 Å². The van der Waals surface area contributed by atoms with Crippen molar-refractivity contribution in [3.05, 3.63) is 48.3 Å². The maximum absolute atomic E-state index is 13.1. The molecule has 1 aromatic heterocycles. The Hall–Kier alpha value is -2.67. The minimum absolute atomic E-state index is 0.0353. The van der Waals surface area contributed by atoms with E-state index in [4.69, 9.17) is 4.74 Å². The third-order valence-electron chi connectivity index (χ3n) is 5.96. The van der Waals surface area contributed by atoms with Crippen molar-refractivity contribution in [2.45, 2.75) is 64.5 Å². The molecule has 1 aliphatic heterocycles. The van der Waals surface area contributed by atoms with Crippen molar-refractivity contribution >= 4 is 17.5 Å². The smallest absolute Gasteiger partial charge is 0.252 e. The molecular formula is C25H36N4O3. The lowest BCUT2D eigenvalue weighted by Gasteiger charge is -2.28. The molecule has 0 N–H and O–H groups in total. The third kappa shape index (κ3) is 7.19. The third-order valence-corrected chi connectivity index (χ3v) is 5.96. The number of hydrogen-bond donors (Lipinski definition) is 0. The van der Waals surface area contributed by atoms with E-state index in [1.165, 1.54) is 6.42 Å². The van der Waals surface area contributed by atoms with E-state index in [0.29, 0.717) is 19.5 Å². The Labute approximate surface area is 191 Å². The minimum atomic E-state index is -0.0353. The number of ether oxygens (including phenoxy) is 1. The van der Waals surface area contributed by atoms with E-state index < -0.39 is 0 Å². The zero-order valence-electron chi connectivity index (χ0n) is 19.2. The van der Waals surface area contributed by atoms with Gasteiger partial charge in [-0.3, -0.25) is 14.3 Å². The molecule has 0 spiro atoms. The van der Waals surface area contributed by atoms with Crippen LogP contribution in [0.25, 0.3) is 0 Å². The molecule has 7 heteroatoms. The van der Waals surface area contributed by atoms with Crippen molar-refractivity contribution in [2.75, 3.05) is 31.7 Å². The summed E-state index contributed by atoms with van der Waals surface area (Å²) in [4.78, 5) is 29.8. The van der Waals surface area contributed by atoms with Gasteiger partial charge in [-0.2, -0.15) is 5.10 Å². The molecule has 0 saturated heterocycles. The van der Waals surface area contributed by atoms with Crippen LogP contribution in [0.5, 0.6) is 0 Å². The molecule has 1 aromatic carbocycles. The molecule has 1 aliphatic rings. The molecule has 32 heavy (non-hydrogen) atoms. The average Bonchev–Trinajstić information content (AvgIpc) is 3.31. The van der Waals surface area contributed by atoms with E-state index in [1.54, 1.807) is 13.3 Å². The van der Waals surface area contributed by atoms with Gasteiger partial charge in [-0.15, -0.1) is 0 Å². The standard InChI is InChI=1S/C25H36N4O3/c1-32-21-25(31)29-19-9-5-3-2-4-8-16-27(20-22-12-6-7-13-23(22)29)24(30)14-10-17-28-18-11-15-26-28/h6-7,11-13,15,18H,2-5,8-10,14,16-17,19-21H2,1H3. The highest BCUT2D eigenvalue weighted by Gasteiger charge is 2.21. The maximum atomic E-state index is 13.1. The number of hydrogen-bond acceptors (Lipinski definition) is 4. The highest BCUT2D eigenvalue weighted by atomic mass is 16.5. The van der Waals surface area contributed by atoms with Crippen LogP contribution in [0, 0.1) is 0 Å². The molecule has 2 amide bonds. The van der Waals surface area contributed by atoms with Crippen molar-refractivity contribution in [2.24, 2.45) is 0 Å². The maximum Gasteiger partial charge on any atom is 0.252 e. The highest BCUT2D eigenvalue weighted by molar-refractivity contribution is 5.95. The molecule has 0 radical (unpaired) electrons. The summed E-state index contributed by atoms with van der Waals surface area (Å²) in [5, 5.41) is 4.22. The van der Waals surface area contributed by atoms with Crippen LogP contribution in [0.2, 0.25) is 0 Å². The number of carbonyl (C=O) groups excluding carboxylic acids is 2. The van der Waals surface area contributed by atoms with Gasteiger partial charge < -0.3 is 14.5 Å². The number of anilines is 1. The molecule has 0 saturated carbocycles. The first kappa shape index (κ1) is 24.0. The number of methoxy groups -OCH3 is 1. The highest BCUT2D eigenvalue weighted by Crippen LogP contribution is 2.25. The van der Waals surface area contributed by atoms with Crippen LogP contribution < -0.4 is 4.90 Å². The van der Waals surface area contributed by atoms with Gasteiger partial charge in [0.05, 0.1) is 0 Å². The van der Waals surface area contributed by atoms with Gasteiger partial charge in [0.1, 0.15) is 6.61 Å². The lowest BCUT2D eigenvalue weighted by atomic mass is 10.1. The molecule has 174 valence electrons. The normalized spacial score (nSPS) is 15.9. The monoisotopic (exact) mass is 440 g/mol. The van der Waals surface area contributed by atoms with Gasteiger partial charge in [-0.25, -0.2) is 0 Å². The average molecular weight is 441 g/mol. The Kier molecular flexibility index (Phi) is 9.75. The molecular weight excluding hydrogens is 404 g/mol. The minimum Gasteiger partial charge on any atom is -0.375 e. The van der Waals surface area contributed by atoms with Crippen LogP contribution >= 0.6 is 0 Å². The van der Waals surface area contributed by atoms with Crippen molar-refractivity contribution in [3.8, 4) is 0 Å². The Bertz CT molecular complexity index is 837. The van der Waals surface area contributed by atoms with E-state index in [9.17, 15) is 9.59 Å². The largest absolute Gasteiger partial charge is 0.375 e. The number of amides is 2. The van der Waals surface area contributed by atoms with E-state index in [2.05, 4.69) is 5.10 Å². The number of aromatic nitrogens is 2. The van der Waals surface area contributed by atoms with Gasteiger partial charge in [0.25, 0.3) is 5.91 Å². The molecule has 2 heterocycles. The van der Waals surface area contributed by atoms with Crippen molar-refractivity contribution < 1.29 is 14.3 Å². The fraction of sp³-hybridized carbons (Fsp3) is 0.560. The number of para-hydroxylation sites is 1. The van der Waals surface area contributed by atoms with E-state index in [1.807, 2.05) is 51.0 Å². The predicted octanol–water partition coefficient (Wildman–Crippen LogP) is 4.03. The summed E-state index contributed by atoms with van der Waals surface area (Å²) < 4.78 is 7.00. The molecule has 3 rings (SSSR count). The molecule has 0 atom stereocenters. The Balaban J connectivity index is 1.76. The van der Waals surface area contributed by atoms with Gasteiger partial charge in [0.15, 0.2) is 0 Å². The summed E-state index contributed by atoms with van der Waals surface area (Å²) in [5.41, 5.74) is 1.90. The van der Waals surface area contributed by atoms with Gasteiger partial charge >= 0.3 is 0 Å². The van der Waals surface area contributed by atoms with Crippen LogP contribution in [0.15, 0.2) is 42.7 Å². The van der Waals surface area contributed by atoms with Crippen molar-refractivity contribution in [3.63, 3.8) is 0 Å². The summed E-state index contributed by atoms with van der Waals surface area (Å²) in [6.45, 7) is 2.75. The predicted molar refractivity (Wildman–Crippen MR) is 125 cm³/mol. The van der Waals surface area contributed by atoms with Crippen LogP contribution in [-0.4, -0.2) is 53.3 Å². The van der Waals surface area contributed by atoms with Crippen LogP contribution in [0.4, 0.5) is 5.69 Å². The molecule has 0 bridgehead atoms. The molecule has 7 nitrogen and oxygen atoms in total. The number of fused-ring (bicyclic) bond motifs is 1. The molecule has 0 fully saturated rings. The van der Waals surface area contributed by atoms with Crippen molar-refractivity contribution in [1.29, 1.82) is 0 Å². The van der Waals surface area contributed by atoms with E-state index >= 15 is 0 Å². The first-order valence-corrected chi connectivity index (χ1v) is 11.8. The summed E-state index contributed by atoms with van der Waals surface area (Å²) in [5.74, 6) is 0.128. The quantitative estimate of drug-likeness (QED) is 0.680. The van der Waals surface area contributed by atoms with Crippen LogP contribution in [0.3, 0.4) is 0 Å². The molecule has 0 unspecified atom stereocenters. The Morgan fingerprint density at radius 1 is 0.969 bits per heavy atom. The SMILES string of the molecule is COCC(=O)N1CCCCCCCCN(C(=O)CCCn2cccn2)Cc2ccccc21. The lowest BCUT2D eigenvalue weighted by molar-refractivity contribution is -0.132. The first-order chi connectivity index (χ1) is 15.7. The zero-order valence-corrected chi connectivity index (χ0v) is 19.2. The summed E-state index contributed by atoms with van der Waals surface area (Å²) in [6, 6.07) is 9.86. The lowest BCUT2D eigenvalue weighted by Crippen LogP contribution is -2.37. The summed E-state index contributed by atoms with van der Waals surface area (Å²) in [6.07, 6.45) is 11.5. The van der Waals surface area contributed by atoms with Gasteiger partial charge in [0, 0.05) is 57.8 Å². The summed E-state index contributed by atoms with van der Waals surface area (Å²) in [7, 11) is 1.55. The number of nitrogens with zero attached hydrogens (tertiary/aromatic N) is 4. The van der Waals surface area contributed by atoms with Gasteiger partial charge in [0.2, 0.25) is 5.91 Å².